The Balaban J connectivity index is 2.88. The molecule has 2 atom stereocenters. The maximum Gasteiger partial charge on any atom is 0.131 e. The smallest absolute Gasteiger partial charge is 0.131 e. The lowest BCUT2D eigenvalue weighted by molar-refractivity contribution is 0.101. The van der Waals surface area contributed by atoms with Gasteiger partial charge in [-0.15, -0.1) is 0 Å². The van der Waals surface area contributed by atoms with Crippen molar-refractivity contribution in [3.63, 3.8) is 0 Å². The van der Waals surface area contributed by atoms with Crippen LogP contribution in [0.5, 0.6) is 5.75 Å². The Kier molecular flexibility index (Phi) is 5.38. The van der Waals surface area contributed by atoms with Crippen LogP contribution in [0.4, 0.5) is 4.39 Å². The van der Waals surface area contributed by atoms with Gasteiger partial charge in [0.25, 0.3) is 0 Å². The highest BCUT2D eigenvalue weighted by Gasteiger charge is 2.17. The van der Waals surface area contributed by atoms with E-state index in [0.717, 1.165) is 6.42 Å². The maximum atomic E-state index is 13.9. The molecule has 1 aromatic rings. The average Bonchev–Trinajstić information content (AvgIpc) is 2.35. The fourth-order valence-electron chi connectivity index (χ4n) is 1.75. The van der Waals surface area contributed by atoms with Crippen molar-refractivity contribution in [1.29, 1.82) is 0 Å². The summed E-state index contributed by atoms with van der Waals surface area (Å²) < 4.78 is 24.0. The third kappa shape index (κ3) is 3.68. The molecule has 0 saturated carbocycles. The van der Waals surface area contributed by atoms with Crippen molar-refractivity contribution in [2.45, 2.75) is 25.5 Å². The fraction of sp³-hybridized carbons (Fsp3) is 0.538. The van der Waals surface area contributed by atoms with Crippen LogP contribution in [0, 0.1) is 5.82 Å². The SMILES string of the molecule is CNC(CC(C)OC)c1ccc(OC)cc1F. The number of ether oxygens (including phenoxy) is 2. The minimum atomic E-state index is -0.257. The van der Waals surface area contributed by atoms with Gasteiger partial charge in [0.2, 0.25) is 0 Å². The fourth-order valence-corrected chi connectivity index (χ4v) is 1.75. The summed E-state index contributed by atoms with van der Waals surface area (Å²) in [6.07, 6.45) is 0.796. The van der Waals surface area contributed by atoms with Crippen LogP contribution in [0.1, 0.15) is 24.9 Å². The van der Waals surface area contributed by atoms with E-state index in [0.29, 0.717) is 11.3 Å². The first-order valence-electron chi connectivity index (χ1n) is 5.65. The van der Waals surface area contributed by atoms with Crippen molar-refractivity contribution >= 4 is 0 Å². The zero-order valence-corrected chi connectivity index (χ0v) is 10.8. The average molecular weight is 241 g/mol. The van der Waals surface area contributed by atoms with Gasteiger partial charge in [-0.2, -0.15) is 0 Å². The van der Waals surface area contributed by atoms with E-state index in [1.807, 2.05) is 14.0 Å². The molecule has 0 heterocycles. The van der Waals surface area contributed by atoms with Gasteiger partial charge in [-0.05, 0) is 26.5 Å². The van der Waals surface area contributed by atoms with Crippen molar-refractivity contribution in [3.05, 3.63) is 29.6 Å². The summed E-state index contributed by atoms with van der Waals surface area (Å²) in [5, 5.41) is 3.10. The van der Waals surface area contributed by atoms with Crippen molar-refractivity contribution in [1.82, 2.24) is 5.32 Å². The largest absolute Gasteiger partial charge is 0.497 e. The molecule has 0 spiro atoms. The van der Waals surface area contributed by atoms with Crippen molar-refractivity contribution in [2.75, 3.05) is 21.3 Å². The molecule has 0 bridgehead atoms. The Morgan fingerprint density at radius 1 is 1.35 bits per heavy atom. The monoisotopic (exact) mass is 241 g/mol. The summed E-state index contributed by atoms with van der Waals surface area (Å²) >= 11 is 0. The van der Waals surface area contributed by atoms with E-state index in [1.54, 1.807) is 19.2 Å². The standard InChI is InChI=1S/C13H20FNO2/c1-9(16-3)7-13(15-2)11-6-5-10(17-4)8-12(11)14/h5-6,8-9,13,15H,7H2,1-4H3. The maximum absolute atomic E-state index is 13.9. The van der Waals surface area contributed by atoms with Gasteiger partial charge in [-0.1, -0.05) is 6.07 Å². The summed E-state index contributed by atoms with van der Waals surface area (Å²) in [5.74, 6) is 0.271. The summed E-state index contributed by atoms with van der Waals surface area (Å²) in [5.41, 5.74) is 0.636. The van der Waals surface area contributed by atoms with E-state index >= 15 is 0 Å². The van der Waals surface area contributed by atoms with Crippen LogP contribution in [0.2, 0.25) is 0 Å². The van der Waals surface area contributed by atoms with Gasteiger partial charge < -0.3 is 14.8 Å². The van der Waals surface area contributed by atoms with E-state index in [1.165, 1.54) is 13.2 Å². The predicted molar refractivity (Wildman–Crippen MR) is 65.8 cm³/mol. The summed E-state index contributed by atoms with van der Waals surface area (Å²) in [6, 6.07) is 4.85. The lowest BCUT2D eigenvalue weighted by Gasteiger charge is -2.21. The normalized spacial score (nSPS) is 14.4. The van der Waals surface area contributed by atoms with Gasteiger partial charge in [-0.25, -0.2) is 4.39 Å². The van der Waals surface area contributed by atoms with Gasteiger partial charge in [0.15, 0.2) is 0 Å². The van der Waals surface area contributed by atoms with Crippen molar-refractivity contribution in [2.24, 2.45) is 0 Å². The molecule has 0 aromatic heterocycles. The third-order valence-corrected chi connectivity index (χ3v) is 2.90. The molecular weight excluding hydrogens is 221 g/mol. The molecule has 1 N–H and O–H groups in total. The molecule has 0 radical (unpaired) electrons. The van der Waals surface area contributed by atoms with Crippen molar-refractivity contribution < 1.29 is 13.9 Å². The molecule has 0 saturated heterocycles. The Morgan fingerprint density at radius 3 is 2.53 bits per heavy atom. The van der Waals surface area contributed by atoms with Gasteiger partial charge in [-0.3, -0.25) is 0 Å². The second kappa shape index (κ2) is 6.57. The zero-order valence-electron chi connectivity index (χ0n) is 10.8. The number of hydrogen-bond donors (Lipinski definition) is 1. The van der Waals surface area contributed by atoms with Gasteiger partial charge >= 0.3 is 0 Å². The Morgan fingerprint density at radius 2 is 2.06 bits per heavy atom. The van der Waals surface area contributed by atoms with Crippen LogP contribution in [0.25, 0.3) is 0 Å². The first-order chi connectivity index (χ1) is 8.12. The van der Waals surface area contributed by atoms with Crippen molar-refractivity contribution in [3.8, 4) is 5.75 Å². The van der Waals surface area contributed by atoms with E-state index < -0.39 is 0 Å². The zero-order chi connectivity index (χ0) is 12.8. The molecule has 17 heavy (non-hydrogen) atoms. The number of benzene rings is 1. The lowest BCUT2D eigenvalue weighted by atomic mass is 10.0. The number of nitrogens with one attached hydrogen (secondary N) is 1. The highest BCUT2D eigenvalue weighted by molar-refractivity contribution is 5.30. The molecule has 1 aromatic carbocycles. The van der Waals surface area contributed by atoms with Gasteiger partial charge in [0.1, 0.15) is 11.6 Å². The Hall–Kier alpha value is -1.13. The van der Waals surface area contributed by atoms with Gasteiger partial charge in [0, 0.05) is 24.8 Å². The predicted octanol–water partition coefficient (Wildman–Crippen LogP) is 2.52. The Bertz CT molecular complexity index is 357. The molecule has 0 fully saturated rings. The second-order valence-corrected chi connectivity index (χ2v) is 4.01. The molecule has 0 amide bonds. The first-order valence-corrected chi connectivity index (χ1v) is 5.65. The molecule has 96 valence electrons. The Labute approximate surface area is 102 Å². The number of halogens is 1. The van der Waals surface area contributed by atoms with Crippen LogP contribution < -0.4 is 10.1 Å². The van der Waals surface area contributed by atoms with Crippen LogP contribution in [0.15, 0.2) is 18.2 Å². The van der Waals surface area contributed by atoms with Crippen LogP contribution in [-0.4, -0.2) is 27.4 Å². The summed E-state index contributed by atoms with van der Waals surface area (Å²) in [6.45, 7) is 1.96. The van der Waals surface area contributed by atoms with Crippen LogP contribution in [0.3, 0.4) is 0 Å². The van der Waals surface area contributed by atoms with Gasteiger partial charge in [0.05, 0.1) is 13.2 Å². The van der Waals surface area contributed by atoms with E-state index in [4.69, 9.17) is 9.47 Å². The first kappa shape index (κ1) is 13.9. The second-order valence-electron chi connectivity index (χ2n) is 4.01. The minimum absolute atomic E-state index is 0.0594. The molecule has 0 aliphatic carbocycles. The topological polar surface area (TPSA) is 30.5 Å². The minimum Gasteiger partial charge on any atom is -0.497 e. The molecule has 0 aliphatic heterocycles. The molecule has 2 unspecified atom stereocenters. The van der Waals surface area contributed by atoms with E-state index in [-0.39, 0.29) is 18.0 Å². The van der Waals surface area contributed by atoms with Crippen LogP contribution in [-0.2, 0) is 4.74 Å². The molecule has 3 nitrogen and oxygen atoms in total. The van der Waals surface area contributed by atoms with E-state index in [9.17, 15) is 4.39 Å². The third-order valence-electron chi connectivity index (χ3n) is 2.90. The highest BCUT2D eigenvalue weighted by Crippen LogP contribution is 2.25. The van der Waals surface area contributed by atoms with Crippen LogP contribution >= 0.6 is 0 Å². The lowest BCUT2D eigenvalue weighted by Crippen LogP contribution is -2.22. The molecule has 4 heteroatoms. The number of hydrogen-bond acceptors (Lipinski definition) is 3. The molecule has 1 rings (SSSR count). The summed E-state index contributed by atoms with van der Waals surface area (Å²) in [7, 11) is 5.00. The molecule has 0 aliphatic rings. The molecular formula is C13H20FNO2. The number of rotatable bonds is 6. The number of methoxy groups -OCH3 is 2. The quantitative estimate of drug-likeness (QED) is 0.830. The highest BCUT2D eigenvalue weighted by atomic mass is 19.1. The van der Waals surface area contributed by atoms with E-state index in [2.05, 4.69) is 5.32 Å². The summed E-state index contributed by atoms with van der Waals surface area (Å²) in [4.78, 5) is 0.